The van der Waals surface area contributed by atoms with Crippen molar-refractivity contribution in [1.82, 2.24) is 10.6 Å². The smallest absolute Gasteiger partial charge is 0.244 e. The minimum absolute atomic E-state index is 0.0487. The van der Waals surface area contributed by atoms with Crippen LogP contribution in [0.2, 0.25) is 5.02 Å². The average Bonchev–Trinajstić information content (AvgIpc) is 3.06. The summed E-state index contributed by atoms with van der Waals surface area (Å²) in [6, 6.07) is 15.1. The highest BCUT2D eigenvalue weighted by atomic mass is 35.5. The van der Waals surface area contributed by atoms with Crippen molar-refractivity contribution in [3.05, 3.63) is 70.5 Å². The number of halogens is 1. The van der Waals surface area contributed by atoms with Crippen molar-refractivity contribution in [3.63, 3.8) is 0 Å². The number of nitrogens with one attached hydrogen (secondary N) is 3. The molecule has 1 aliphatic carbocycles. The van der Waals surface area contributed by atoms with E-state index < -0.39 is 0 Å². The van der Waals surface area contributed by atoms with E-state index in [-0.39, 0.29) is 36.1 Å². The molecule has 0 radical (unpaired) electrons. The zero-order valence-corrected chi connectivity index (χ0v) is 26.9. The number of allylic oxidation sites excluding steroid dienone is 2. The van der Waals surface area contributed by atoms with Crippen LogP contribution in [0.15, 0.2) is 70.1 Å². The van der Waals surface area contributed by atoms with Crippen LogP contribution in [-0.2, 0) is 19.1 Å². The van der Waals surface area contributed by atoms with Crippen molar-refractivity contribution in [1.29, 1.82) is 0 Å². The largest absolute Gasteiger partial charge is 0.476 e. The summed E-state index contributed by atoms with van der Waals surface area (Å²) >= 11 is 6.16. The first-order valence-corrected chi connectivity index (χ1v) is 14.7. The van der Waals surface area contributed by atoms with Gasteiger partial charge in [-0.15, -0.1) is 5.10 Å². The second-order valence-corrected chi connectivity index (χ2v) is 9.73. The molecular weight excluding hydrogens is 570 g/mol. The Labute approximate surface area is 260 Å². The summed E-state index contributed by atoms with van der Waals surface area (Å²) in [5, 5.41) is 16.7. The zero-order chi connectivity index (χ0) is 32.0. The third-order valence-corrected chi connectivity index (χ3v) is 6.73. The molecule has 2 aromatic rings. The highest BCUT2D eigenvalue weighted by Crippen LogP contribution is 2.31. The summed E-state index contributed by atoms with van der Waals surface area (Å²) < 4.78 is 16.6. The number of amides is 1. The standard InChI is InChI=1S/C23H31ClN4O5.C7H9N.C2H6/c1-15(25-2)20(12-29)27-22(30)17-7-5-6-16(10-17)13-32-23(28-26-3)19-11-18(24)8-9-21(19)33-14-31-4;1-8-7-5-3-2-4-6-7;1-2/h8-9,11-12,16-17,25H,3,5-7,10,13-14H2,1-2,4H3,(H,27,30);2-6,8H,1H3;1-2H3/b20-15+,28-23-;;. The number of hydrogen-bond acceptors (Lipinski definition) is 9. The minimum Gasteiger partial charge on any atom is -0.476 e. The van der Waals surface area contributed by atoms with E-state index in [2.05, 4.69) is 32.9 Å². The Morgan fingerprint density at radius 3 is 2.44 bits per heavy atom. The molecule has 2 atom stereocenters. The molecule has 0 aromatic heterocycles. The Morgan fingerprint density at radius 2 is 1.86 bits per heavy atom. The van der Waals surface area contributed by atoms with Crippen LogP contribution in [0.3, 0.4) is 0 Å². The fourth-order valence-corrected chi connectivity index (χ4v) is 4.38. The lowest BCUT2D eigenvalue weighted by atomic mass is 9.81. The molecule has 10 nitrogen and oxygen atoms in total. The van der Waals surface area contributed by atoms with Gasteiger partial charge in [0.1, 0.15) is 5.75 Å². The summed E-state index contributed by atoms with van der Waals surface area (Å²) in [6.45, 7) is 9.54. The van der Waals surface area contributed by atoms with E-state index in [1.165, 1.54) is 7.11 Å². The first kappa shape index (κ1) is 37.1. The van der Waals surface area contributed by atoms with Gasteiger partial charge >= 0.3 is 0 Å². The van der Waals surface area contributed by atoms with Gasteiger partial charge in [0.25, 0.3) is 0 Å². The lowest BCUT2D eigenvalue weighted by molar-refractivity contribution is -0.126. The molecule has 1 fully saturated rings. The molecule has 0 aliphatic heterocycles. The van der Waals surface area contributed by atoms with Crippen LogP contribution in [0.1, 0.15) is 52.0 Å². The first-order valence-electron chi connectivity index (χ1n) is 14.3. The number of anilines is 1. The Morgan fingerprint density at radius 1 is 1.14 bits per heavy atom. The number of methoxy groups -OCH3 is 1. The first-order chi connectivity index (χ1) is 20.9. The molecule has 2 unspecified atom stereocenters. The maximum Gasteiger partial charge on any atom is 0.244 e. The molecule has 3 rings (SSSR count). The van der Waals surface area contributed by atoms with E-state index in [1.807, 2.05) is 51.2 Å². The number of para-hydroxylation sites is 1. The molecule has 1 amide bonds. The number of carbonyl (C=O) groups excluding carboxylic acids is 2. The monoisotopic (exact) mass is 615 g/mol. The van der Waals surface area contributed by atoms with Gasteiger partial charge in [0, 0.05) is 50.2 Å². The summed E-state index contributed by atoms with van der Waals surface area (Å²) in [5.41, 5.74) is 2.55. The van der Waals surface area contributed by atoms with Crippen LogP contribution in [0.4, 0.5) is 5.69 Å². The third-order valence-electron chi connectivity index (χ3n) is 6.49. The van der Waals surface area contributed by atoms with Crippen LogP contribution in [0.5, 0.6) is 5.75 Å². The van der Waals surface area contributed by atoms with E-state index in [9.17, 15) is 9.59 Å². The number of hydrogen-bond donors (Lipinski definition) is 3. The minimum atomic E-state index is -0.211. The SMILES string of the molecule is C=N/N=C(\OCC1CCCC(C(=O)N/C(C=O)=C(\C)NC)C1)c1cc(Cl)ccc1OCOC.CC.CNc1ccccc1. The molecule has 43 heavy (non-hydrogen) atoms. The van der Waals surface area contributed by atoms with Crippen molar-refractivity contribution < 1.29 is 23.8 Å². The zero-order valence-electron chi connectivity index (χ0n) is 26.1. The lowest BCUT2D eigenvalue weighted by Gasteiger charge is -2.28. The Hall–Kier alpha value is -3.89. The second kappa shape index (κ2) is 21.8. The number of nitrogens with zero attached hydrogens (tertiary/aromatic N) is 2. The number of rotatable bonds is 12. The second-order valence-electron chi connectivity index (χ2n) is 9.29. The van der Waals surface area contributed by atoms with E-state index >= 15 is 0 Å². The summed E-state index contributed by atoms with van der Waals surface area (Å²) in [4.78, 5) is 24.0. The fourth-order valence-electron chi connectivity index (χ4n) is 4.21. The van der Waals surface area contributed by atoms with Gasteiger partial charge in [0.15, 0.2) is 13.1 Å². The molecule has 2 aromatic carbocycles. The number of carbonyl (C=O) groups is 2. The molecule has 1 aliphatic rings. The predicted octanol–water partition coefficient (Wildman–Crippen LogP) is 6.03. The Bertz CT molecular complexity index is 1190. The van der Waals surface area contributed by atoms with E-state index in [0.29, 0.717) is 41.3 Å². The van der Waals surface area contributed by atoms with Crippen LogP contribution >= 0.6 is 11.6 Å². The van der Waals surface area contributed by atoms with Crippen LogP contribution in [0.25, 0.3) is 0 Å². The van der Waals surface area contributed by atoms with Crippen LogP contribution in [0, 0.1) is 11.8 Å². The number of aldehydes is 1. The molecule has 236 valence electrons. The predicted molar refractivity (Wildman–Crippen MR) is 175 cm³/mol. The van der Waals surface area contributed by atoms with Gasteiger partial charge in [-0.05, 0) is 62.4 Å². The van der Waals surface area contributed by atoms with Crippen molar-refractivity contribution in [2.24, 2.45) is 22.0 Å². The van der Waals surface area contributed by atoms with E-state index in [0.717, 1.165) is 24.9 Å². The third kappa shape index (κ3) is 13.3. The average molecular weight is 616 g/mol. The van der Waals surface area contributed by atoms with Crippen molar-refractivity contribution in [3.8, 4) is 5.75 Å². The van der Waals surface area contributed by atoms with E-state index in [1.54, 1.807) is 32.2 Å². The highest BCUT2D eigenvalue weighted by molar-refractivity contribution is 6.31. The molecule has 11 heteroatoms. The molecule has 1 saturated carbocycles. The van der Waals surface area contributed by atoms with Crippen molar-refractivity contribution >= 4 is 42.1 Å². The summed E-state index contributed by atoms with van der Waals surface area (Å²) in [6.07, 6.45) is 3.82. The summed E-state index contributed by atoms with van der Waals surface area (Å²) in [5.74, 6) is 0.458. The Kier molecular flexibility index (Phi) is 18.8. The van der Waals surface area contributed by atoms with Gasteiger partial charge in [0.05, 0.1) is 17.9 Å². The van der Waals surface area contributed by atoms with Gasteiger partial charge < -0.3 is 30.2 Å². The van der Waals surface area contributed by atoms with Gasteiger partial charge in [-0.1, -0.05) is 50.1 Å². The number of benzene rings is 2. The van der Waals surface area contributed by atoms with Gasteiger partial charge in [-0.2, -0.15) is 5.10 Å². The van der Waals surface area contributed by atoms with Gasteiger partial charge in [-0.3, -0.25) is 9.59 Å². The van der Waals surface area contributed by atoms with Crippen LogP contribution in [-0.4, -0.2) is 59.4 Å². The molecule has 0 spiro atoms. The quantitative estimate of drug-likeness (QED) is 0.0665. The summed E-state index contributed by atoms with van der Waals surface area (Å²) in [7, 11) is 5.13. The molecule has 0 bridgehead atoms. The van der Waals surface area contributed by atoms with Crippen molar-refractivity contribution in [2.45, 2.75) is 46.5 Å². The fraction of sp³-hybridized carbons (Fsp3) is 0.438. The maximum absolute atomic E-state index is 12.7. The number of ether oxygens (including phenoxy) is 3. The topological polar surface area (TPSA) is 123 Å². The molecule has 0 heterocycles. The van der Waals surface area contributed by atoms with Crippen LogP contribution < -0.4 is 20.7 Å². The Balaban J connectivity index is 0.000000785. The van der Waals surface area contributed by atoms with Gasteiger partial charge in [-0.25, -0.2) is 0 Å². The molecule has 0 saturated heterocycles. The van der Waals surface area contributed by atoms with Crippen molar-refractivity contribution in [2.75, 3.05) is 39.9 Å². The molecular formula is C32H46ClN5O5. The van der Waals surface area contributed by atoms with E-state index in [4.69, 9.17) is 25.8 Å². The van der Waals surface area contributed by atoms with Gasteiger partial charge in [0.2, 0.25) is 11.8 Å². The lowest BCUT2D eigenvalue weighted by Crippen LogP contribution is -2.36. The maximum atomic E-state index is 12.7. The molecule has 3 N–H and O–H groups in total. The highest BCUT2D eigenvalue weighted by Gasteiger charge is 2.29. The normalized spacial score (nSPS) is 16.5.